The number of ether oxygens (including phenoxy) is 1. The van der Waals surface area contributed by atoms with Gasteiger partial charge in [-0.15, -0.1) is 0 Å². The standard InChI is InChI=1S/C20H13ClF3N3O/c1-28-18-8-14(21)6-7-15(18)16-11-27-17(9-26-19(27)10-25-16)12-2-4-13(5-3-12)20(22,23)24/h2-11H,1H3. The molecule has 0 aliphatic carbocycles. The Balaban J connectivity index is 1.81. The second kappa shape index (κ2) is 6.83. The highest BCUT2D eigenvalue weighted by atomic mass is 35.5. The maximum absolute atomic E-state index is 12.8. The van der Waals surface area contributed by atoms with Crippen LogP contribution in [0.2, 0.25) is 5.02 Å². The maximum atomic E-state index is 12.8. The van der Waals surface area contributed by atoms with Crippen LogP contribution < -0.4 is 4.74 Å². The Morgan fingerprint density at radius 3 is 2.43 bits per heavy atom. The van der Waals surface area contributed by atoms with E-state index in [1.165, 1.54) is 12.1 Å². The quantitative estimate of drug-likeness (QED) is 0.437. The molecule has 8 heteroatoms. The smallest absolute Gasteiger partial charge is 0.416 e. The molecular weight excluding hydrogens is 391 g/mol. The molecule has 0 atom stereocenters. The molecule has 4 nitrogen and oxygen atoms in total. The van der Waals surface area contributed by atoms with Crippen molar-refractivity contribution in [3.05, 3.63) is 71.6 Å². The first-order chi connectivity index (χ1) is 13.4. The molecule has 0 spiro atoms. The number of imidazole rings is 1. The van der Waals surface area contributed by atoms with Gasteiger partial charge in [0.05, 0.1) is 36.5 Å². The zero-order valence-electron chi connectivity index (χ0n) is 14.5. The number of fused-ring (bicyclic) bond motifs is 1. The fourth-order valence-corrected chi connectivity index (χ4v) is 3.11. The molecule has 4 rings (SSSR count). The monoisotopic (exact) mass is 403 g/mol. The van der Waals surface area contributed by atoms with Crippen molar-refractivity contribution in [2.24, 2.45) is 0 Å². The molecular formula is C20H13ClF3N3O. The third-order valence-corrected chi connectivity index (χ3v) is 4.58. The number of alkyl halides is 3. The van der Waals surface area contributed by atoms with Crippen LogP contribution in [0.3, 0.4) is 0 Å². The van der Waals surface area contributed by atoms with Gasteiger partial charge in [0, 0.05) is 22.3 Å². The van der Waals surface area contributed by atoms with Crippen molar-refractivity contribution in [3.8, 4) is 28.3 Å². The summed E-state index contributed by atoms with van der Waals surface area (Å²) in [5, 5.41) is 0.537. The Morgan fingerprint density at radius 1 is 1.00 bits per heavy atom. The molecule has 0 saturated heterocycles. The molecule has 4 aromatic rings. The van der Waals surface area contributed by atoms with E-state index in [-0.39, 0.29) is 0 Å². The molecule has 2 aromatic heterocycles. The summed E-state index contributed by atoms with van der Waals surface area (Å²) >= 11 is 6.02. The second-order valence-corrected chi connectivity index (χ2v) is 6.50. The lowest BCUT2D eigenvalue weighted by Crippen LogP contribution is -2.04. The minimum absolute atomic E-state index is 0.537. The number of methoxy groups -OCH3 is 1. The first kappa shape index (κ1) is 18.3. The fourth-order valence-electron chi connectivity index (χ4n) is 2.95. The first-order valence-corrected chi connectivity index (χ1v) is 8.59. The first-order valence-electron chi connectivity index (χ1n) is 8.21. The number of rotatable bonds is 3. The molecule has 0 unspecified atom stereocenters. The lowest BCUT2D eigenvalue weighted by Gasteiger charge is -2.10. The summed E-state index contributed by atoms with van der Waals surface area (Å²) in [6.07, 6.45) is 0.584. The van der Waals surface area contributed by atoms with Gasteiger partial charge in [0.25, 0.3) is 0 Å². The van der Waals surface area contributed by atoms with Crippen LogP contribution in [-0.4, -0.2) is 21.5 Å². The van der Waals surface area contributed by atoms with Crippen molar-refractivity contribution in [1.29, 1.82) is 0 Å². The summed E-state index contributed by atoms with van der Waals surface area (Å²) < 4.78 is 45.6. The average molecular weight is 404 g/mol. The molecule has 0 aliphatic rings. The van der Waals surface area contributed by atoms with Crippen molar-refractivity contribution < 1.29 is 17.9 Å². The van der Waals surface area contributed by atoms with Crippen molar-refractivity contribution in [1.82, 2.24) is 14.4 Å². The van der Waals surface area contributed by atoms with Gasteiger partial charge < -0.3 is 4.74 Å². The van der Waals surface area contributed by atoms with E-state index in [4.69, 9.17) is 16.3 Å². The molecule has 2 heterocycles. The zero-order chi connectivity index (χ0) is 19.9. The average Bonchev–Trinajstić information content (AvgIpc) is 3.10. The van der Waals surface area contributed by atoms with Crippen molar-refractivity contribution in [2.75, 3.05) is 7.11 Å². The van der Waals surface area contributed by atoms with Crippen LogP contribution in [0, 0.1) is 0 Å². The number of hydrogen-bond donors (Lipinski definition) is 0. The van der Waals surface area contributed by atoms with Gasteiger partial charge in [-0.25, -0.2) is 4.98 Å². The summed E-state index contributed by atoms with van der Waals surface area (Å²) in [5.41, 5.74) is 2.50. The van der Waals surface area contributed by atoms with E-state index in [0.717, 1.165) is 17.7 Å². The summed E-state index contributed by atoms with van der Waals surface area (Å²) in [6.45, 7) is 0. The van der Waals surface area contributed by atoms with Crippen LogP contribution in [0.5, 0.6) is 5.75 Å². The number of halogens is 4. The van der Waals surface area contributed by atoms with Gasteiger partial charge >= 0.3 is 6.18 Å². The zero-order valence-corrected chi connectivity index (χ0v) is 15.3. The highest BCUT2D eigenvalue weighted by Gasteiger charge is 2.30. The third kappa shape index (κ3) is 3.29. The van der Waals surface area contributed by atoms with Crippen LogP contribution in [0.4, 0.5) is 13.2 Å². The maximum Gasteiger partial charge on any atom is 0.416 e. The Hall–Kier alpha value is -3.06. The number of benzene rings is 2. The third-order valence-electron chi connectivity index (χ3n) is 4.34. The van der Waals surface area contributed by atoms with Crippen molar-refractivity contribution in [2.45, 2.75) is 6.18 Å². The van der Waals surface area contributed by atoms with E-state index in [0.29, 0.717) is 33.4 Å². The molecule has 0 fully saturated rings. The molecule has 0 amide bonds. The molecule has 2 aromatic carbocycles. The second-order valence-electron chi connectivity index (χ2n) is 6.06. The van der Waals surface area contributed by atoms with Gasteiger partial charge in [0.1, 0.15) is 5.75 Å². The summed E-state index contributed by atoms with van der Waals surface area (Å²) in [6, 6.07) is 10.2. The van der Waals surface area contributed by atoms with Gasteiger partial charge in [-0.3, -0.25) is 9.38 Å². The normalized spacial score (nSPS) is 11.8. The molecule has 28 heavy (non-hydrogen) atoms. The Morgan fingerprint density at radius 2 is 1.75 bits per heavy atom. The lowest BCUT2D eigenvalue weighted by molar-refractivity contribution is -0.137. The van der Waals surface area contributed by atoms with E-state index in [9.17, 15) is 13.2 Å². The molecule has 0 aliphatic heterocycles. The highest BCUT2D eigenvalue weighted by Crippen LogP contribution is 2.33. The van der Waals surface area contributed by atoms with Gasteiger partial charge in [-0.1, -0.05) is 23.7 Å². The van der Waals surface area contributed by atoms with E-state index >= 15 is 0 Å². The summed E-state index contributed by atoms with van der Waals surface area (Å²) in [5.74, 6) is 0.565. The number of aromatic nitrogens is 3. The van der Waals surface area contributed by atoms with Gasteiger partial charge in [-0.05, 0) is 30.3 Å². The molecule has 0 N–H and O–H groups in total. The summed E-state index contributed by atoms with van der Waals surface area (Å²) in [7, 11) is 1.54. The molecule has 0 saturated carbocycles. The van der Waals surface area contributed by atoms with E-state index in [2.05, 4.69) is 9.97 Å². The minimum atomic E-state index is -4.37. The SMILES string of the molecule is COc1cc(Cl)ccc1-c1cn2c(-c3ccc(C(F)(F)F)cc3)cnc2cn1. The molecule has 0 radical (unpaired) electrons. The number of hydrogen-bond acceptors (Lipinski definition) is 3. The van der Waals surface area contributed by atoms with Crippen LogP contribution in [0.1, 0.15) is 5.56 Å². The Bertz CT molecular complexity index is 1150. The molecule has 0 bridgehead atoms. The van der Waals surface area contributed by atoms with Crippen LogP contribution in [-0.2, 0) is 6.18 Å². The fraction of sp³-hybridized carbons (Fsp3) is 0.100. The largest absolute Gasteiger partial charge is 0.496 e. The van der Waals surface area contributed by atoms with E-state index in [1.54, 1.807) is 48.3 Å². The Labute approximate surface area is 163 Å². The Kier molecular flexibility index (Phi) is 4.47. The summed E-state index contributed by atoms with van der Waals surface area (Å²) in [4.78, 5) is 8.70. The van der Waals surface area contributed by atoms with Crippen molar-refractivity contribution >= 4 is 17.2 Å². The van der Waals surface area contributed by atoms with Gasteiger partial charge in [0.15, 0.2) is 5.65 Å². The number of nitrogens with zero attached hydrogens (tertiary/aromatic N) is 3. The minimum Gasteiger partial charge on any atom is -0.496 e. The molecule has 142 valence electrons. The van der Waals surface area contributed by atoms with Gasteiger partial charge in [0.2, 0.25) is 0 Å². The highest BCUT2D eigenvalue weighted by molar-refractivity contribution is 6.30. The lowest BCUT2D eigenvalue weighted by atomic mass is 10.1. The van der Waals surface area contributed by atoms with Crippen LogP contribution in [0.15, 0.2) is 61.1 Å². The van der Waals surface area contributed by atoms with Gasteiger partial charge in [-0.2, -0.15) is 13.2 Å². The van der Waals surface area contributed by atoms with Crippen molar-refractivity contribution in [3.63, 3.8) is 0 Å². The predicted molar refractivity (Wildman–Crippen MR) is 100 cm³/mol. The van der Waals surface area contributed by atoms with E-state index in [1.807, 2.05) is 0 Å². The van der Waals surface area contributed by atoms with Crippen LogP contribution >= 0.6 is 11.6 Å². The predicted octanol–water partition coefficient (Wildman–Crippen LogP) is 5.74. The van der Waals surface area contributed by atoms with Crippen LogP contribution in [0.25, 0.3) is 28.2 Å². The van der Waals surface area contributed by atoms with E-state index < -0.39 is 11.7 Å². The topological polar surface area (TPSA) is 39.4 Å².